The second-order valence-electron chi connectivity index (χ2n) is 6.99. The van der Waals surface area contributed by atoms with Crippen LogP contribution in [0.4, 0.5) is 4.39 Å². The number of aliphatic carboxylic acids is 1. The Morgan fingerprint density at radius 3 is 2.81 bits per heavy atom. The van der Waals surface area contributed by atoms with Crippen LogP contribution in [0.3, 0.4) is 0 Å². The van der Waals surface area contributed by atoms with Gasteiger partial charge in [0.15, 0.2) is 6.17 Å². The standard InChI is InChI=1S/C20H20FN3O2/c21-16-4-1-13(2-5-16)3-6-19-22-11-15-12-24(8-7-18(15)23-19)17-9-14(10-17)20(25)26/h1-2,4-5,11,14,17,19,23H,7-10,12H2,(H,25,26). The molecule has 0 bridgehead atoms. The molecule has 4 rings (SSSR count). The van der Waals surface area contributed by atoms with Crippen LogP contribution in [0.25, 0.3) is 0 Å². The summed E-state index contributed by atoms with van der Waals surface area (Å²) >= 11 is 0. The molecule has 2 aliphatic heterocycles. The molecule has 0 amide bonds. The lowest BCUT2D eigenvalue weighted by molar-refractivity contribution is -0.147. The summed E-state index contributed by atoms with van der Waals surface area (Å²) in [5.74, 6) is 4.96. The van der Waals surface area contributed by atoms with Gasteiger partial charge in [-0.15, -0.1) is 0 Å². The molecule has 0 saturated heterocycles. The number of nitrogens with zero attached hydrogens (tertiary/aromatic N) is 2. The van der Waals surface area contributed by atoms with E-state index in [1.807, 2.05) is 6.21 Å². The van der Waals surface area contributed by atoms with Gasteiger partial charge in [-0.2, -0.15) is 0 Å². The molecule has 1 aromatic rings. The number of hydrogen-bond donors (Lipinski definition) is 2. The Labute approximate surface area is 151 Å². The molecule has 6 heteroatoms. The van der Waals surface area contributed by atoms with Gasteiger partial charge in [-0.3, -0.25) is 14.7 Å². The zero-order valence-electron chi connectivity index (χ0n) is 14.3. The molecule has 26 heavy (non-hydrogen) atoms. The van der Waals surface area contributed by atoms with Crippen molar-refractivity contribution >= 4 is 12.2 Å². The molecule has 2 N–H and O–H groups in total. The van der Waals surface area contributed by atoms with E-state index >= 15 is 0 Å². The van der Waals surface area contributed by atoms with Crippen molar-refractivity contribution < 1.29 is 14.3 Å². The molecule has 1 fully saturated rings. The molecule has 3 aliphatic rings. The van der Waals surface area contributed by atoms with Gasteiger partial charge in [-0.25, -0.2) is 4.39 Å². The molecular weight excluding hydrogens is 333 g/mol. The predicted molar refractivity (Wildman–Crippen MR) is 96.1 cm³/mol. The minimum Gasteiger partial charge on any atom is -0.481 e. The van der Waals surface area contributed by atoms with Gasteiger partial charge in [-0.1, -0.05) is 5.92 Å². The quantitative estimate of drug-likeness (QED) is 0.799. The van der Waals surface area contributed by atoms with E-state index in [-0.39, 0.29) is 17.9 Å². The van der Waals surface area contributed by atoms with Crippen molar-refractivity contribution in [2.75, 3.05) is 13.1 Å². The van der Waals surface area contributed by atoms with Crippen molar-refractivity contribution in [3.05, 3.63) is 46.9 Å². The van der Waals surface area contributed by atoms with E-state index in [0.717, 1.165) is 43.5 Å². The summed E-state index contributed by atoms with van der Waals surface area (Å²) in [6.45, 7) is 1.73. The Kier molecular flexibility index (Phi) is 4.48. The fraction of sp³-hybridized carbons (Fsp3) is 0.400. The second kappa shape index (κ2) is 6.93. The minimum atomic E-state index is -0.679. The number of carboxylic acids is 1. The summed E-state index contributed by atoms with van der Waals surface area (Å²) in [4.78, 5) is 17.8. The first-order valence-corrected chi connectivity index (χ1v) is 8.84. The van der Waals surface area contributed by atoms with Gasteiger partial charge in [0.1, 0.15) is 5.82 Å². The van der Waals surface area contributed by atoms with Crippen molar-refractivity contribution in [3.63, 3.8) is 0 Å². The number of hydrogen-bond acceptors (Lipinski definition) is 4. The van der Waals surface area contributed by atoms with Crippen molar-refractivity contribution in [3.8, 4) is 11.8 Å². The minimum absolute atomic E-state index is 0.181. The molecule has 1 saturated carbocycles. The Bertz CT molecular complexity index is 829. The molecule has 1 aromatic carbocycles. The zero-order chi connectivity index (χ0) is 18.1. The molecule has 1 aliphatic carbocycles. The Morgan fingerprint density at radius 2 is 2.08 bits per heavy atom. The van der Waals surface area contributed by atoms with Crippen molar-refractivity contribution in [1.29, 1.82) is 0 Å². The summed E-state index contributed by atoms with van der Waals surface area (Å²) in [5.41, 5.74) is 3.09. The van der Waals surface area contributed by atoms with Gasteiger partial charge in [0.25, 0.3) is 0 Å². The van der Waals surface area contributed by atoms with Crippen LogP contribution in [0.15, 0.2) is 40.5 Å². The van der Waals surface area contributed by atoms with Crippen molar-refractivity contribution in [2.45, 2.75) is 31.5 Å². The monoisotopic (exact) mass is 353 g/mol. The third kappa shape index (κ3) is 3.49. The van der Waals surface area contributed by atoms with Crippen LogP contribution in [0, 0.1) is 23.6 Å². The van der Waals surface area contributed by atoms with Crippen LogP contribution in [0.1, 0.15) is 24.8 Å². The number of rotatable bonds is 2. The van der Waals surface area contributed by atoms with E-state index < -0.39 is 5.97 Å². The lowest BCUT2D eigenvalue weighted by atomic mass is 9.78. The van der Waals surface area contributed by atoms with E-state index in [1.54, 1.807) is 12.1 Å². The van der Waals surface area contributed by atoms with Gasteiger partial charge >= 0.3 is 5.97 Å². The maximum atomic E-state index is 12.9. The number of nitrogens with one attached hydrogen (secondary N) is 1. The topological polar surface area (TPSA) is 64.9 Å². The van der Waals surface area contributed by atoms with Crippen LogP contribution < -0.4 is 5.32 Å². The van der Waals surface area contributed by atoms with Gasteiger partial charge in [-0.05, 0) is 43.0 Å². The highest BCUT2D eigenvalue weighted by atomic mass is 19.1. The first-order valence-electron chi connectivity index (χ1n) is 8.84. The highest BCUT2D eigenvalue weighted by Crippen LogP contribution is 2.34. The second-order valence-corrected chi connectivity index (χ2v) is 6.99. The molecule has 134 valence electrons. The average Bonchev–Trinajstić information content (AvgIpc) is 2.59. The SMILES string of the molecule is O=C(O)C1CC(N2CCC3=C(C=NC(C#Cc4ccc(F)cc4)N3)C2)C1. The van der Waals surface area contributed by atoms with E-state index in [9.17, 15) is 9.18 Å². The first-order chi connectivity index (χ1) is 12.6. The largest absolute Gasteiger partial charge is 0.481 e. The van der Waals surface area contributed by atoms with Gasteiger partial charge in [0.2, 0.25) is 0 Å². The number of carbonyl (C=O) groups is 1. The lowest BCUT2D eigenvalue weighted by Gasteiger charge is -2.44. The van der Waals surface area contributed by atoms with Gasteiger partial charge < -0.3 is 10.4 Å². The number of aliphatic imine (C=N–C) groups is 1. The normalized spacial score (nSPS) is 27.7. The third-order valence-electron chi connectivity index (χ3n) is 5.28. The van der Waals surface area contributed by atoms with E-state index in [4.69, 9.17) is 5.11 Å². The highest BCUT2D eigenvalue weighted by molar-refractivity contribution is 5.82. The summed E-state index contributed by atoms with van der Waals surface area (Å²) < 4.78 is 12.9. The highest BCUT2D eigenvalue weighted by Gasteiger charge is 2.39. The number of halogens is 1. The van der Waals surface area contributed by atoms with Crippen LogP contribution >= 0.6 is 0 Å². The molecule has 0 radical (unpaired) electrons. The third-order valence-corrected chi connectivity index (χ3v) is 5.28. The zero-order valence-corrected chi connectivity index (χ0v) is 14.3. The maximum absolute atomic E-state index is 12.9. The molecular formula is C20H20FN3O2. The van der Waals surface area contributed by atoms with E-state index in [1.165, 1.54) is 17.8 Å². The molecule has 1 unspecified atom stereocenters. The Balaban J connectivity index is 1.35. The Hall–Kier alpha value is -2.65. The molecule has 1 atom stereocenters. The maximum Gasteiger partial charge on any atom is 0.306 e. The molecule has 5 nitrogen and oxygen atoms in total. The van der Waals surface area contributed by atoms with E-state index in [0.29, 0.717) is 6.04 Å². The van der Waals surface area contributed by atoms with Crippen LogP contribution in [-0.2, 0) is 4.79 Å². The van der Waals surface area contributed by atoms with Gasteiger partial charge in [0.05, 0.1) is 5.92 Å². The first kappa shape index (κ1) is 16.8. The van der Waals surface area contributed by atoms with Crippen LogP contribution in [0.5, 0.6) is 0 Å². The summed E-state index contributed by atoms with van der Waals surface area (Å²) in [6, 6.07) is 6.47. The summed E-state index contributed by atoms with van der Waals surface area (Å²) in [5, 5.41) is 12.4. The fourth-order valence-electron chi connectivity index (χ4n) is 3.62. The Morgan fingerprint density at radius 1 is 1.31 bits per heavy atom. The molecule has 2 heterocycles. The smallest absolute Gasteiger partial charge is 0.306 e. The van der Waals surface area contributed by atoms with Gasteiger partial charge in [0, 0.05) is 48.6 Å². The van der Waals surface area contributed by atoms with Crippen LogP contribution in [-0.4, -0.2) is 47.5 Å². The average molecular weight is 353 g/mol. The van der Waals surface area contributed by atoms with E-state index in [2.05, 4.69) is 27.0 Å². The summed E-state index contributed by atoms with van der Waals surface area (Å²) in [7, 11) is 0. The van der Waals surface area contributed by atoms with Crippen molar-refractivity contribution in [1.82, 2.24) is 10.2 Å². The predicted octanol–water partition coefficient (Wildman–Crippen LogP) is 2.00. The van der Waals surface area contributed by atoms with Crippen LogP contribution in [0.2, 0.25) is 0 Å². The number of carboxylic acid groups (broad SMARTS) is 1. The van der Waals surface area contributed by atoms with Crippen molar-refractivity contribution in [2.24, 2.45) is 10.9 Å². The fourth-order valence-corrected chi connectivity index (χ4v) is 3.62. The number of benzene rings is 1. The lowest BCUT2D eigenvalue weighted by Crippen LogP contribution is -2.51. The summed E-state index contributed by atoms with van der Waals surface area (Å²) in [6.07, 6.45) is 3.98. The molecule has 0 spiro atoms. The molecule has 0 aromatic heterocycles.